The number of fused-ring (bicyclic) bond motifs is 1. The van der Waals surface area contributed by atoms with Crippen LogP contribution in [0.1, 0.15) is 58.6 Å². The molecule has 0 radical (unpaired) electrons. The lowest BCUT2D eigenvalue weighted by Crippen LogP contribution is -2.13. The Balaban J connectivity index is 1.74. The van der Waals surface area contributed by atoms with Gasteiger partial charge < -0.3 is 10.5 Å². The third-order valence-corrected chi connectivity index (χ3v) is 8.16. The van der Waals surface area contributed by atoms with Crippen LogP contribution in [0.3, 0.4) is 0 Å². The van der Waals surface area contributed by atoms with Crippen LogP contribution in [0.2, 0.25) is 0 Å². The van der Waals surface area contributed by atoms with Gasteiger partial charge in [-0.25, -0.2) is 8.42 Å². The maximum Gasteiger partial charge on any atom is 0.180 e. The van der Waals surface area contributed by atoms with Gasteiger partial charge in [0.2, 0.25) is 0 Å². The quantitative estimate of drug-likeness (QED) is 0.313. The fourth-order valence-corrected chi connectivity index (χ4v) is 4.84. The Labute approximate surface area is 225 Å². The highest BCUT2D eigenvalue weighted by molar-refractivity contribution is 7.92. The number of nitrogens with two attached hydrogens (primary N) is 1. The van der Waals surface area contributed by atoms with E-state index in [4.69, 9.17) is 10.5 Å². The zero-order valence-electron chi connectivity index (χ0n) is 23.0. The van der Waals surface area contributed by atoms with Gasteiger partial charge in [0.1, 0.15) is 17.3 Å². The number of carbonyl (C=O) groups is 1. The van der Waals surface area contributed by atoms with Crippen LogP contribution < -0.4 is 10.5 Å². The number of nitrogens with zero attached hydrogens (tertiary/aromatic N) is 2. The minimum absolute atomic E-state index is 0.112. The minimum Gasteiger partial charge on any atom is -0.456 e. The van der Waals surface area contributed by atoms with E-state index < -0.39 is 15.1 Å². The number of hydrogen-bond acceptors (Lipinski definition) is 7. The Morgan fingerprint density at radius 1 is 1.08 bits per heavy atom. The highest BCUT2D eigenvalue weighted by Gasteiger charge is 2.20. The number of ether oxygens (including phenoxy) is 1. The van der Waals surface area contributed by atoms with Gasteiger partial charge in [0.05, 0.1) is 21.2 Å². The fourth-order valence-electron chi connectivity index (χ4n) is 3.76. The molecule has 0 spiro atoms. The molecule has 0 unspecified atom stereocenters. The molecule has 202 valence electrons. The van der Waals surface area contributed by atoms with Crippen molar-refractivity contribution in [2.45, 2.75) is 76.5 Å². The summed E-state index contributed by atoms with van der Waals surface area (Å²) in [5, 5.41) is 0.0830. The molecule has 0 amide bonds. The van der Waals surface area contributed by atoms with Crippen LogP contribution in [0.5, 0.6) is 11.5 Å². The summed E-state index contributed by atoms with van der Waals surface area (Å²) in [5.41, 5.74) is 8.75. The van der Waals surface area contributed by atoms with Crippen molar-refractivity contribution in [3.63, 3.8) is 0 Å². The SMILES string of the molecule is Cc1cc(CC(=O)CC/C(C=NC(C)(C)C)=C/N)ccc1Oc1ccnc2ccc(S(=O)(=O)C(C)C)cc12. The number of aromatic nitrogens is 1. The van der Waals surface area contributed by atoms with E-state index in [0.29, 0.717) is 41.7 Å². The first-order valence-corrected chi connectivity index (χ1v) is 14.2. The number of pyridine rings is 1. The summed E-state index contributed by atoms with van der Waals surface area (Å²) in [6.45, 7) is 11.2. The van der Waals surface area contributed by atoms with Gasteiger partial charge in [-0.05, 0) is 101 Å². The third kappa shape index (κ3) is 7.51. The topological polar surface area (TPSA) is 112 Å². The smallest absolute Gasteiger partial charge is 0.180 e. The molecular formula is C30H37N3O4S. The summed E-state index contributed by atoms with van der Waals surface area (Å²) < 4.78 is 31.6. The van der Waals surface area contributed by atoms with E-state index in [-0.39, 0.29) is 16.2 Å². The van der Waals surface area contributed by atoms with Crippen molar-refractivity contribution in [3.05, 3.63) is 71.6 Å². The normalized spacial score (nSPS) is 13.0. The van der Waals surface area contributed by atoms with E-state index in [9.17, 15) is 13.2 Å². The number of benzene rings is 2. The molecular weight excluding hydrogens is 498 g/mol. The first kappa shape index (κ1) is 29.0. The van der Waals surface area contributed by atoms with Crippen molar-refractivity contribution < 1.29 is 17.9 Å². The average Bonchev–Trinajstić information content (AvgIpc) is 2.85. The van der Waals surface area contributed by atoms with Gasteiger partial charge in [-0.3, -0.25) is 14.8 Å². The number of carbonyl (C=O) groups excluding carboxylic acids is 1. The number of rotatable bonds is 10. The second kappa shape index (κ2) is 11.9. The van der Waals surface area contributed by atoms with Gasteiger partial charge in [-0.1, -0.05) is 12.1 Å². The Morgan fingerprint density at radius 3 is 2.45 bits per heavy atom. The molecule has 2 N–H and O–H groups in total. The highest BCUT2D eigenvalue weighted by Crippen LogP contribution is 2.33. The second-order valence-corrected chi connectivity index (χ2v) is 13.2. The Morgan fingerprint density at radius 2 is 1.82 bits per heavy atom. The number of sulfone groups is 1. The average molecular weight is 536 g/mol. The molecule has 38 heavy (non-hydrogen) atoms. The van der Waals surface area contributed by atoms with Crippen molar-refractivity contribution in [1.29, 1.82) is 0 Å². The molecule has 0 atom stereocenters. The number of allylic oxidation sites excluding steroid dienone is 1. The number of hydrogen-bond donors (Lipinski definition) is 1. The van der Waals surface area contributed by atoms with E-state index in [1.807, 2.05) is 45.9 Å². The molecule has 0 bridgehead atoms. The number of Topliss-reactive ketones (excluding diaryl/α,β-unsaturated/α-hetero) is 1. The maximum absolute atomic E-state index is 12.7. The molecule has 3 rings (SSSR count). The number of aliphatic imine (C=N–C) groups is 1. The molecule has 3 aromatic rings. The molecule has 8 heteroatoms. The summed E-state index contributed by atoms with van der Waals surface area (Å²) in [6, 6.07) is 12.3. The molecule has 1 heterocycles. The zero-order chi connectivity index (χ0) is 28.1. The van der Waals surface area contributed by atoms with Crippen LogP contribution in [0.15, 0.2) is 70.3 Å². The Bertz CT molecular complexity index is 1480. The van der Waals surface area contributed by atoms with Crippen LogP contribution in [0.25, 0.3) is 10.9 Å². The zero-order valence-corrected chi connectivity index (χ0v) is 23.8. The van der Waals surface area contributed by atoms with Gasteiger partial charge in [-0.15, -0.1) is 0 Å². The van der Waals surface area contributed by atoms with Crippen LogP contribution in [0.4, 0.5) is 0 Å². The predicted molar refractivity (Wildman–Crippen MR) is 154 cm³/mol. The standard InChI is InChI=1S/C30H37N3O4S/c1-20(2)38(35,36)25-10-11-27-26(17-25)29(13-14-32-27)37-28-12-8-22(15-21(28)3)16-24(34)9-7-23(18-31)19-33-30(4,5)6/h8,10-15,17-20H,7,9,16,31H2,1-6H3/b23-18-,33-19?. The first-order chi connectivity index (χ1) is 17.8. The number of aryl methyl sites for hydroxylation is 1. The molecule has 0 saturated heterocycles. The monoisotopic (exact) mass is 535 g/mol. The lowest BCUT2D eigenvalue weighted by atomic mass is 10.0. The summed E-state index contributed by atoms with van der Waals surface area (Å²) in [7, 11) is -3.44. The Kier molecular flexibility index (Phi) is 9.09. The second-order valence-electron chi connectivity index (χ2n) is 10.7. The van der Waals surface area contributed by atoms with Crippen molar-refractivity contribution >= 4 is 32.7 Å². The van der Waals surface area contributed by atoms with Crippen molar-refractivity contribution in [3.8, 4) is 11.5 Å². The van der Waals surface area contributed by atoms with E-state index in [0.717, 1.165) is 16.7 Å². The summed E-state index contributed by atoms with van der Waals surface area (Å²) in [4.78, 5) is 21.7. The molecule has 0 saturated carbocycles. The third-order valence-electron chi connectivity index (χ3n) is 6.01. The van der Waals surface area contributed by atoms with Crippen molar-refractivity contribution in [1.82, 2.24) is 4.98 Å². The van der Waals surface area contributed by atoms with E-state index in [1.165, 1.54) is 6.20 Å². The molecule has 7 nitrogen and oxygen atoms in total. The molecule has 0 aliphatic heterocycles. The van der Waals surface area contributed by atoms with E-state index in [2.05, 4.69) is 9.98 Å². The van der Waals surface area contributed by atoms with Gasteiger partial charge in [0.25, 0.3) is 0 Å². The van der Waals surface area contributed by atoms with Crippen LogP contribution in [0, 0.1) is 6.92 Å². The maximum atomic E-state index is 12.7. The van der Waals surface area contributed by atoms with E-state index in [1.54, 1.807) is 50.5 Å². The van der Waals surface area contributed by atoms with Crippen LogP contribution >= 0.6 is 0 Å². The first-order valence-electron chi connectivity index (χ1n) is 12.7. The minimum atomic E-state index is -3.44. The van der Waals surface area contributed by atoms with Gasteiger partial charge in [-0.2, -0.15) is 0 Å². The van der Waals surface area contributed by atoms with Gasteiger partial charge in [0, 0.05) is 30.6 Å². The predicted octanol–water partition coefficient (Wildman–Crippen LogP) is 6.12. The van der Waals surface area contributed by atoms with E-state index >= 15 is 0 Å². The lowest BCUT2D eigenvalue weighted by molar-refractivity contribution is -0.118. The molecule has 0 aliphatic rings. The molecule has 1 aromatic heterocycles. The molecule has 0 aliphatic carbocycles. The number of ketones is 1. The van der Waals surface area contributed by atoms with Gasteiger partial charge in [0.15, 0.2) is 9.84 Å². The van der Waals surface area contributed by atoms with Crippen molar-refractivity contribution in [2.75, 3.05) is 0 Å². The highest BCUT2D eigenvalue weighted by atomic mass is 32.2. The Hall–Kier alpha value is -3.52. The lowest BCUT2D eigenvalue weighted by Gasteiger charge is -2.14. The summed E-state index contributed by atoms with van der Waals surface area (Å²) in [5.74, 6) is 1.25. The van der Waals surface area contributed by atoms with Crippen LogP contribution in [-0.2, 0) is 21.1 Å². The largest absolute Gasteiger partial charge is 0.456 e. The molecule has 2 aromatic carbocycles. The summed E-state index contributed by atoms with van der Waals surface area (Å²) >= 11 is 0. The van der Waals surface area contributed by atoms with Crippen molar-refractivity contribution in [2.24, 2.45) is 10.7 Å². The summed E-state index contributed by atoms with van der Waals surface area (Å²) in [6.07, 6.45) is 6.10. The molecule has 0 fully saturated rings. The fraction of sp³-hybridized carbons (Fsp3) is 0.367. The van der Waals surface area contributed by atoms with Crippen LogP contribution in [-0.4, -0.2) is 36.2 Å². The van der Waals surface area contributed by atoms with Gasteiger partial charge >= 0.3 is 0 Å².